The summed E-state index contributed by atoms with van der Waals surface area (Å²) in [6.45, 7) is -0.384. The second-order valence-corrected chi connectivity index (χ2v) is 5.83. The van der Waals surface area contributed by atoms with E-state index in [1.165, 1.54) is 24.5 Å². The fourth-order valence-corrected chi connectivity index (χ4v) is 2.54. The first-order valence-electron chi connectivity index (χ1n) is 7.82. The van der Waals surface area contributed by atoms with Crippen LogP contribution in [0.1, 0.15) is 27.2 Å². The van der Waals surface area contributed by atoms with E-state index in [0.717, 1.165) is 24.3 Å². The van der Waals surface area contributed by atoms with Crippen LogP contribution in [-0.2, 0) is 18.9 Å². The third-order valence-corrected chi connectivity index (χ3v) is 3.84. The number of hydrogen-bond acceptors (Lipinski definition) is 3. The van der Waals surface area contributed by atoms with Gasteiger partial charge in [0.25, 0.3) is 5.91 Å². The Morgan fingerprint density at radius 3 is 2.43 bits per heavy atom. The lowest BCUT2D eigenvalue weighted by molar-refractivity contribution is -0.141. The first kappa shape index (κ1) is 19.6. The molecular weight excluding hydrogens is 388 g/mol. The molecule has 1 amide bonds. The molecule has 0 saturated carbocycles. The van der Waals surface area contributed by atoms with Crippen LogP contribution in [0.25, 0.3) is 10.9 Å². The van der Waals surface area contributed by atoms with Gasteiger partial charge in [0.2, 0.25) is 0 Å². The average Bonchev–Trinajstić information content (AvgIpc) is 2.64. The molecule has 0 bridgehead atoms. The molecule has 0 radical (unpaired) electrons. The van der Waals surface area contributed by atoms with E-state index in [9.17, 15) is 31.1 Å². The van der Waals surface area contributed by atoms with Gasteiger partial charge >= 0.3 is 12.4 Å². The first-order valence-corrected chi connectivity index (χ1v) is 7.82. The van der Waals surface area contributed by atoms with Crippen LogP contribution in [0.2, 0.25) is 0 Å². The highest BCUT2D eigenvalue weighted by Crippen LogP contribution is 2.32. The van der Waals surface area contributed by atoms with E-state index in [0.29, 0.717) is 0 Å². The van der Waals surface area contributed by atoms with Crippen LogP contribution in [0.5, 0.6) is 0 Å². The predicted octanol–water partition coefficient (Wildman–Crippen LogP) is 4.60. The highest BCUT2D eigenvalue weighted by atomic mass is 19.4. The average molecular weight is 399 g/mol. The maximum atomic E-state index is 13.3. The molecule has 0 fully saturated rings. The third-order valence-electron chi connectivity index (χ3n) is 3.84. The van der Waals surface area contributed by atoms with Crippen molar-refractivity contribution in [1.82, 2.24) is 15.3 Å². The summed E-state index contributed by atoms with van der Waals surface area (Å²) in [6.07, 6.45) is -6.94. The monoisotopic (exact) mass is 399 g/mol. The minimum atomic E-state index is -4.89. The highest BCUT2D eigenvalue weighted by Gasteiger charge is 2.37. The summed E-state index contributed by atoms with van der Waals surface area (Å²) in [6, 6.07) is 6.41. The maximum Gasteiger partial charge on any atom is 0.434 e. The van der Waals surface area contributed by atoms with E-state index in [1.807, 2.05) is 0 Å². The summed E-state index contributed by atoms with van der Waals surface area (Å²) in [5.74, 6) is -1.11. The van der Waals surface area contributed by atoms with E-state index >= 15 is 0 Å². The number of alkyl halides is 6. The number of fused-ring (bicyclic) bond motifs is 1. The topological polar surface area (TPSA) is 54.9 Å². The second kappa shape index (κ2) is 7.10. The van der Waals surface area contributed by atoms with Crippen LogP contribution in [0, 0.1) is 0 Å². The quantitative estimate of drug-likeness (QED) is 0.655. The van der Waals surface area contributed by atoms with E-state index in [-0.39, 0.29) is 23.0 Å². The number of halogens is 6. The summed E-state index contributed by atoms with van der Waals surface area (Å²) in [7, 11) is 0. The highest BCUT2D eigenvalue weighted by molar-refractivity contribution is 5.98. The molecular formula is C18H11F6N3O. The molecule has 2 heterocycles. The molecule has 0 saturated heterocycles. The number of rotatable bonds is 3. The largest absolute Gasteiger partial charge is 0.434 e. The molecule has 3 rings (SSSR count). The van der Waals surface area contributed by atoms with E-state index < -0.39 is 35.1 Å². The van der Waals surface area contributed by atoms with E-state index in [1.54, 1.807) is 0 Å². The standard InChI is InChI=1S/C18H11F6N3O/c19-17(20,21)12-3-1-2-10(6-12)8-26-16(28)13-7-11-9-25-5-4-14(11)27-15(13)18(22,23)24/h1-7,9H,8H2,(H,26,28). The van der Waals surface area contributed by atoms with Gasteiger partial charge in [-0.2, -0.15) is 26.3 Å². The van der Waals surface area contributed by atoms with Gasteiger partial charge in [-0.05, 0) is 29.8 Å². The van der Waals surface area contributed by atoms with Crippen LogP contribution in [0.15, 0.2) is 48.8 Å². The normalized spacial score (nSPS) is 12.2. The van der Waals surface area contributed by atoms with Gasteiger partial charge in [0.15, 0.2) is 5.69 Å². The Morgan fingerprint density at radius 2 is 1.75 bits per heavy atom. The zero-order valence-electron chi connectivity index (χ0n) is 13.9. The molecule has 4 nitrogen and oxygen atoms in total. The van der Waals surface area contributed by atoms with Gasteiger partial charge in [-0.3, -0.25) is 9.78 Å². The molecule has 0 aliphatic carbocycles. The number of amides is 1. The Bertz CT molecular complexity index is 1030. The Hall–Kier alpha value is -3.17. The number of nitrogens with one attached hydrogen (secondary N) is 1. The number of pyridine rings is 2. The number of aromatic nitrogens is 2. The summed E-state index contributed by atoms with van der Waals surface area (Å²) in [4.78, 5) is 19.6. The molecule has 0 aliphatic heterocycles. The third kappa shape index (κ3) is 4.21. The second-order valence-electron chi connectivity index (χ2n) is 5.83. The van der Waals surface area contributed by atoms with E-state index in [2.05, 4.69) is 15.3 Å². The predicted molar refractivity (Wildman–Crippen MR) is 87.2 cm³/mol. The number of benzene rings is 1. The molecule has 10 heteroatoms. The zero-order chi connectivity index (χ0) is 20.5. The Kier molecular flexibility index (Phi) is 4.97. The van der Waals surface area contributed by atoms with Crippen molar-refractivity contribution in [2.75, 3.05) is 0 Å². The lowest BCUT2D eigenvalue weighted by atomic mass is 10.1. The molecule has 146 valence electrons. The molecule has 0 aliphatic rings. The summed E-state index contributed by atoms with van der Waals surface area (Å²) < 4.78 is 78.1. The number of carbonyl (C=O) groups is 1. The molecule has 1 aromatic carbocycles. The van der Waals surface area contributed by atoms with Crippen molar-refractivity contribution in [1.29, 1.82) is 0 Å². The number of hydrogen-bond donors (Lipinski definition) is 1. The molecule has 2 aromatic heterocycles. The van der Waals surface area contributed by atoms with Crippen LogP contribution in [0.4, 0.5) is 26.3 Å². The molecule has 28 heavy (non-hydrogen) atoms. The SMILES string of the molecule is O=C(NCc1cccc(C(F)(F)F)c1)c1cc2cnccc2nc1C(F)(F)F. The van der Waals surface area contributed by atoms with Gasteiger partial charge in [0, 0.05) is 24.3 Å². The van der Waals surface area contributed by atoms with Crippen molar-refractivity contribution in [2.45, 2.75) is 18.9 Å². The molecule has 0 atom stereocenters. The van der Waals surface area contributed by atoms with Crippen molar-refractivity contribution in [3.8, 4) is 0 Å². The van der Waals surface area contributed by atoms with Crippen LogP contribution < -0.4 is 5.32 Å². The van der Waals surface area contributed by atoms with Crippen molar-refractivity contribution in [3.05, 3.63) is 71.2 Å². The molecule has 1 N–H and O–H groups in total. The Balaban J connectivity index is 1.89. The fraction of sp³-hybridized carbons (Fsp3) is 0.167. The van der Waals surface area contributed by atoms with Crippen molar-refractivity contribution in [3.63, 3.8) is 0 Å². The minimum absolute atomic E-state index is 0.0109. The molecule has 0 spiro atoms. The number of nitrogens with zero attached hydrogens (tertiary/aromatic N) is 2. The summed E-state index contributed by atoms with van der Waals surface area (Å²) in [5.41, 5.74) is -2.94. The van der Waals surface area contributed by atoms with Gasteiger partial charge in [-0.1, -0.05) is 12.1 Å². The van der Waals surface area contributed by atoms with Gasteiger partial charge in [-0.15, -0.1) is 0 Å². The maximum absolute atomic E-state index is 13.3. The first-order chi connectivity index (χ1) is 13.1. The van der Waals surface area contributed by atoms with Gasteiger partial charge in [0.1, 0.15) is 0 Å². The molecule has 3 aromatic rings. The molecule has 0 unspecified atom stereocenters. The Morgan fingerprint density at radius 1 is 1.00 bits per heavy atom. The van der Waals surface area contributed by atoms with Crippen molar-refractivity contribution >= 4 is 16.8 Å². The van der Waals surface area contributed by atoms with Gasteiger partial charge < -0.3 is 5.32 Å². The van der Waals surface area contributed by atoms with Crippen molar-refractivity contribution in [2.24, 2.45) is 0 Å². The van der Waals surface area contributed by atoms with Crippen LogP contribution >= 0.6 is 0 Å². The lowest BCUT2D eigenvalue weighted by Crippen LogP contribution is -2.27. The minimum Gasteiger partial charge on any atom is -0.348 e. The smallest absolute Gasteiger partial charge is 0.348 e. The summed E-state index contributed by atoms with van der Waals surface area (Å²) >= 11 is 0. The van der Waals surface area contributed by atoms with Gasteiger partial charge in [-0.25, -0.2) is 4.98 Å². The Labute approximate surface area is 154 Å². The zero-order valence-corrected chi connectivity index (χ0v) is 13.9. The summed E-state index contributed by atoms with van der Waals surface area (Å²) in [5, 5.41) is 2.43. The van der Waals surface area contributed by atoms with Crippen molar-refractivity contribution < 1.29 is 31.1 Å². The fourth-order valence-electron chi connectivity index (χ4n) is 2.54. The van der Waals surface area contributed by atoms with Gasteiger partial charge in [0.05, 0.1) is 16.6 Å². The lowest BCUT2D eigenvalue weighted by Gasteiger charge is -2.14. The van der Waals surface area contributed by atoms with Crippen LogP contribution in [0.3, 0.4) is 0 Å². The van der Waals surface area contributed by atoms with E-state index in [4.69, 9.17) is 0 Å². The number of carbonyl (C=O) groups excluding carboxylic acids is 1. The van der Waals surface area contributed by atoms with Crippen LogP contribution in [-0.4, -0.2) is 15.9 Å².